The lowest BCUT2D eigenvalue weighted by Crippen LogP contribution is -2.34. The van der Waals surface area contributed by atoms with E-state index in [1.165, 1.54) is 12.8 Å². The van der Waals surface area contributed by atoms with E-state index in [0.717, 1.165) is 31.6 Å². The van der Waals surface area contributed by atoms with Crippen molar-refractivity contribution in [3.05, 3.63) is 29.8 Å². The van der Waals surface area contributed by atoms with Crippen molar-refractivity contribution < 1.29 is 9.53 Å². The summed E-state index contributed by atoms with van der Waals surface area (Å²) in [7, 11) is 0. The lowest BCUT2D eigenvalue weighted by molar-refractivity contribution is -0.123. The molecule has 0 aromatic heterocycles. The van der Waals surface area contributed by atoms with Gasteiger partial charge in [-0.1, -0.05) is 18.2 Å². The number of amides is 1. The second-order valence-corrected chi connectivity index (χ2v) is 5.92. The van der Waals surface area contributed by atoms with Crippen molar-refractivity contribution in [2.24, 2.45) is 0 Å². The second-order valence-electron chi connectivity index (χ2n) is 5.92. The highest BCUT2D eigenvalue weighted by atomic mass is 16.5. The molecule has 118 valence electrons. The zero-order chi connectivity index (χ0) is 15.4. The minimum atomic E-state index is -0.166. The van der Waals surface area contributed by atoms with E-state index < -0.39 is 0 Å². The predicted molar refractivity (Wildman–Crippen MR) is 86.5 cm³/mol. The van der Waals surface area contributed by atoms with Crippen LogP contribution < -0.4 is 5.32 Å². The van der Waals surface area contributed by atoms with Crippen LogP contribution in [0.3, 0.4) is 0 Å². The summed E-state index contributed by atoms with van der Waals surface area (Å²) in [6.07, 6.45) is 4.87. The Morgan fingerprint density at radius 1 is 1.27 bits per heavy atom. The smallest absolute Gasteiger partial charge is 0.272 e. The van der Waals surface area contributed by atoms with E-state index >= 15 is 0 Å². The van der Waals surface area contributed by atoms with Crippen LogP contribution in [0.5, 0.6) is 0 Å². The Balaban J connectivity index is 1.61. The molecule has 1 aromatic rings. The van der Waals surface area contributed by atoms with Crippen molar-refractivity contribution in [1.82, 2.24) is 4.90 Å². The maximum absolute atomic E-state index is 12.4. The third kappa shape index (κ3) is 3.65. The van der Waals surface area contributed by atoms with Gasteiger partial charge in [-0.25, -0.2) is 0 Å². The van der Waals surface area contributed by atoms with Crippen molar-refractivity contribution in [3.8, 4) is 0 Å². The Morgan fingerprint density at radius 3 is 2.73 bits per heavy atom. The Bertz CT molecular complexity index is 549. The second kappa shape index (κ2) is 6.92. The van der Waals surface area contributed by atoms with Crippen LogP contribution in [0.25, 0.3) is 0 Å². The van der Waals surface area contributed by atoms with E-state index in [1.54, 1.807) is 4.90 Å². The van der Waals surface area contributed by atoms with Gasteiger partial charge in [-0.15, -0.1) is 0 Å². The average Bonchev–Trinajstić information content (AvgIpc) is 3.21. The molecule has 22 heavy (non-hydrogen) atoms. The van der Waals surface area contributed by atoms with Crippen LogP contribution in [0.4, 0.5) is 5.69 Å². The summed E-state index contributed by atoms with van der Waals surface area (Å²) in [5.74, 6) is -0.166. The van der Waals surface area contributed by atoms with Gasteiger partial charge >= 0.3 is 0 Å². The minimum absolute atomic E-state index is 0.0770. The van der Waals surface area contributed by atoms with E-state index in [0.29, 0.717) is 24.8 Å². The molecule has 1 heterocycles. The molecule has 1 amide bonds. The first kappa shape index (κ1) is 15.0. The molecule has 5 heteroatoms. The number of ether oxygens (including phenoxy) is 1. The lowest BCUT2D eigenvalue weighted by atomic mass is 10.1. The standard InChI is InChI=1S/C17H23N3O2/c18-16(17(21)20-10-3-4-11-20)14-5-1-2-6-15(14)19-9-12-22-13-7-8-13/h1-2,5-6,13,18-19H,3-4,7-12H2. The first-order chi connectivity index (χ1) is 10.8. The van der Waals surface area contributed by atoms with Crippen LogP contribution in [-0.4, -0.2) is 48.9 Å². The summed E-state index contributed by atoms with van der Waals surface area (Å²) >= 11 is 0. The average molecular weight is 301 g/mol. The van der Waals surface area contributed by atoms with Gasteiger partial charge in [0, 0.05) is 30.9 Å². The number of carbonyl (C=O) groups is 1. The number of hydrogen-bond acceptors (Lipinski definition) is 4. The Kier molecular flexibility index (Phi) is 4.73. The van der Waals surface area contributed by atoms with Gasteiger partial charge in [-0.3, -0.25) is 10.2 Å². The molecule has 0 radical (unpaired) electrons. The third-order valence-corrected chi connectivity index (χ3v) is 4.10. The molecule has 1 saturated heterocycles. The zero-order valence-corrected chi connectivity index (χ0v) is 12.8. The summed E-state index contributed by atoms with van der Waals surface area (Å²) in [5, 5.41) is 11.5. The summed E-state index contributed by atoms with van der Waals surface area (Å²) in [5.41, 5.74) is 1.58. The maximum atomic E-state index is 12.4. The van der Waals surface area contributed by atoms with Crippen LogP contribution in [0, 0.1) is 5.41 Å². The Hall–Kier alpha value is -1.88. The van der Waals surface area contributed by atoms with Crippen molar-refractivity contribution in [3.63, 3.8) is 0 Å². The molecule has 2 fully saturated rings. The molecule has 0 spiro atoms. The van der Waals surface area contributed by atoms with Gasteiger partial charge in [0.25, 0.3) is 5.91 Å². The summed E-state index contributed by atoms with van der Waals surface area (Å²) in [6.45, 7) is 2.89. The molecular formula is C17H23N3O2. The fraction of sp³-hybridized carbons (Fsp3) is 0.529. The number of likely N-dealkylation sites (tertiary alicyclic amines) is 1. The van der Waals surface area contributed by atoms with E-state index in [-0.39, 0.29) is 11.6 Å². The quantitative estimate of drug-likeness (QED) is 0.600. The third-order valence-electron chi connectivity index (χ3n) is 4.10. The number of hydrogen-bond donors (Lipinski definition) is 2. The molecule has 2 aliphatic rings. The molecule has 0 unspecified atom stereocenters. The first-order valence-corrected chi connectivity index (χ1v) is 8.08. The number of anilines is 1. The topological polar surface area (TPSA) is 65.4 Å². The normalized spacial score (nSPS) is 17.5. The summed E-state index contributed by atoms with van der Waals surface area (Å²) in [4.78, 5) is 14.1. The van der Waals surface area contributed by atoms with Crippen molar-refractivity contribution >= 4 is 17.3 Å². The van der Waals surface area contributed by atoms with Gasteiger partial charge in [0.1, 0.15) is 5.71 Å². The molecule has 0 bridgehead atoms. The Labute approximate surface area is 131 Å². The fourth-order valence-electron chi connectivity index (χ4n) is 2.69. The molecule has 2 N–H and O–H groups in total. The minimum Gasteiger partial charge on any atom is -0.382 e. The van der Waals surface area contributed by atoms with Crippen molar-refractivity contribution in [2.45, 2.75) is 31.8 Å². The SMILES string of the molecule is N=C(C(=O)N1CCCC1)c1ccccc1NCCOC1CC1. The van der Waals surface area contributed by atoms with Crippen LogP contribution in [-0.2, 0) is 9.53 Å². The van der Waals surface area contributed by atoms with Gasteiger partial charge in [0.05, 0.1) is 12.7 Å². The molecular weight excluding hydrogens is 278 g/mol. The molecule has 5 nitrogen and oxygen atoms in total. The predicted octanol–water partition coefficient (Wildman–Crippen LogP) is 2.27. The molecule has 1 saturated carbocycles. The van der Waals surface area contributed by atoms with Crippen LogP contribution >= 0.6 is 0 Å². The largest absolute Gasteiger partial charge is 0.382 e. The highest BCUT2D eigenvalue weighted by Crippen LogP contribution is 2.23. The monoisotopic (exact) mass is 301 g/mol. The molecule has 1 aromatic carbocycles. The van der Waals surface area contributed by atoms with Gasteiger partial charge < -0.3 is 15.0 Å². The van der Waals surface area contributed by atoms with E-state index in [9.17, 15) is 4.79 Å². The lowest BCUT2D eigenvalue weighted by Gasteiger charge is -2.18. The number of rotatable bonds is 7. The highest BCUT2D eigenvalue weighted by molar-refractivity contribution is 6.45. The van der Waals surface area contributed by atoms with E-state index in [1.807, 2.05) is 24.3 Å². The van der Waals surface area contributed by atoms with Gasteiger partial charge in [-0.05, 0) is 31.7 Å². The van der Waals surface area contributed by atoms with Crippen LogP contribution in [0.2, 0.25) is 0 Å². The first-order valence-electron chi connectivity index (χ1n) is 8.08. The van der Waals surface area contributed by atoms with Crippen LogP contribution in [0.15, 0.2) is 24.3 Å². The number of nitrogens with zero attached hydrogens (tertiary/aromatic N) is 1. The number of benzene rings is 1. The zero-order valence-electron chi connectivity index (χ0n) is 12.8. The number of nitrogens with one attached hydrogen (secondary N) is 2. The summed E-state index contributed by atoms with van der Waals surface area (Å²) < 4.78 is 5.61. The molecule has 1 aliphatic carbocycles. The van der Waals surface area contributed by atoms with Gasteiger partial charge in [-0.2, -0.15) is 0 Å². The number of carbonyl (C=O) groups excluding carboxylic acids is 1. The number of para-hydroxylation sites is 1. The van der Waals surface area contributed by atoms with E-state index in [4.69, 9.17) is 10.1 Å². The van der Waals surface area contributed by atoms with E-state index in [2.05, 4.69) is 5.32 Å². The van der Waals surface area contributed by atoms with Crippen molar-refractivity contribution in [2.75, 3.05) is 31.6 Å². The maximum Gasteiger partial charge on any atom is 0.272 e. The Morgan fingerprint density at radius 2 is 2.00 bits per heavy atom. The highest BCUT2D eigenvalue weighted by Gasteiger charge is 2.24. The molecule has 0 atom stereocenters. The molecule has 1 aliphatic heterocycles. The fourth-order valence-corrected chi connectivity index (χ4v) is 2.69. The summed E-state index contributed by atoms with van der Waals surface area (Å²) in [6, 6.07) is 7.53. The van der Waals surface area contributed by atoms with Crippen LogP contribution in [0.1, 0.15) is 31.2 Å². The van der Waals surface area contributed by atoms with Crippen molar-refractivity contribution in [1.29, 1.82) is 5.41 Å². The van der Waals surface area contributed by atoms with Gasteiger partial charge in [0.15, 0.2) is 0 Å². The molecule has 3 rings (SSSR count). The van der Waals surface area contributed by atoms with Gasteiger partial charge in [0.2, 0.25) is 0 Å².